The molecule has 4 nitrogen and oxygen atoms in total. The third-order valence-electron chi connectivity index (χ3n) is 3.90. The number of nitrogens with zero attached hydrogens (tertiary/aromatic N) is 2. The second kappa shape index (κ2) is 8.77. The van der Waals surface area contributed by atoms with Crippen LogP contribution in [0.5, 0.6) is 5.75 Å². The summed E-state index contributed by atoms with van der Waals surface area (Å²) in [5.74, 6) is -0.126. The van der Waals surface area contributed by atoms with Crippen LogP contribution in [0.1, 0.15) is 25.8 Å². The fraction of sp³-hybridized carbons (Fsp3) is 0.562. The van der Waals surface area contributed by atoms with E-state index in [9.17, 15) is 13.2 Å². The number of rotatable bonds is 4. The summed E-state index contributed by atoms with van der Waals surface area (Å²) in [7, 11) is 1.64. The van der Waals surface area contributed by atoms with Crippen LogP contribution in [-0.4, -0.2) is 37.6 Å². The molecule has 0 aromatic heterocycles. The maximum atomic E-state index is 13.9. The summed E-state index contributed by atoms with van der Waals surface area (Å²) in [5, 5.41) is 3.03. The smallest absolute Gasteiger partial charge is 0.387 e. The third kappa shape index (κ3) is 5.42. The van der Waals surface area contributed by atoms with E-state index in [-0.39, 0.29) is 47.2 Å². The lowest BCUT2D eigenvalue weighted by atomic mass is 9.93. The summed E-state index contributed by atoms with van der Waals surface area (Å²) in [6, 6.07) is 3.89. The van der Waals surface area contributed by atoms with E-state index in [1.807, 2.05) is 0 Å². The van der Waals surface area contributed by atoms with Gasteiger partial charge in [-0.05, 0) is 24.0 Å². The molecule has 0 bridgehead atoms. The number of hydrogen-bond donors (Lipinski definition) is 1. The number of likely N-dealkylation sites (tertiary alicyclic amines) is 1. The first-order valence-corrected chi connectivity index (χ1v) is 7.50. The molecular formula is C16H23F3IN3O. The van der Waals surface area contributed by atoms with Gasteiger partial charge in [-0.15, -0.1) is 24.0 Å². The predicted octanol–water partition coefficient (Wildman–Crippen LogP) is 3.85. The zero-order valence-corrected chi connectivity index (χ0v) is 16.3. The van der Waals surface area contributed by atoms with E-state index >= 15 is 0 Å². The van der Waals surface area contributed by atoms with E-state index < -0.39 is 12.4 Å². The highest BCUT2D eigenvalue weighted by Gasteiger charge is 2.31. The summed E-state index contributed by atoms with van der Waals surface area (Å²) in [5.41, 5.74) is 0.256. The van der Waals surface area contributed by atoms with E-state index in [1.165, 1.54) is 18.2 Å². The van der Waals surface area contributed by atoms with E-state index in [2.05, 4.69) is 33.8 Å². The van der Waals surface area contributed by atoms with E-state index in [0.717, 1.165) is 19.5 Å². The van der Waals surface area contributed by atoms with Crippen molar-refractivity contribution in [3.05, 3.63) is 29.6 Å². The van der Waals surface area contributed by atoms with E-state index in [0.29, 0.717) is 5.96 Å². The summed E-state index contributed by atoms with van der Waals surface area (Å²) in [6.07, 6.45) is 1.03. The SMILES string of the molecule is CN=C(NCc1c(F)cccc1OC(F)F)N1CCC(C)(C)C1.I. The van der Waals surface area contributed by atoms with Crippen molar-refractivity contribution in [3.8, 4) is 5.75 Å². The lowest BCUT2D eigenvalue weighted by Gasteiger charge is -2.24. The van der Waals surface area contributed by atoms with Gasteiger partial charge in [0.25, 0.3) is 0 Å². The molecule has 1 aromatic carbocycles. The molecule has 8 heteroatoms. The highest BCUT2D eigenvalue weighted by molar-refractivity contribution is 14.0. The van der Waals surface area contributed by atoms with Crippen LogP contribution in [0.15, 0.2) is 23.2 Å². The van der Waals surface area contributed by atoms with Gasteiger partial charge in [-0.25, -0.2) is 4.39 Å². The molecule has 2 rings (SSSR count). The molecule has 1 saturated heterocycles. The number of ether oxygens (including phenoxy) is 1. The van der Waals surface area contributed by atoms with Crippen LogP contribution < -0.4 is 10.1 Å². The van der Waals surface area contributed by atoms with Crippen LogP contribution in [0.4, 0.5) is 13.2 Å². The van der Waals surface area contributed by atoms with Crippen molar-refractivity contribution in [1.82, 2.24) is 10.2 Å². The Balaban J connectivity index is 0.00000288. The number of aliphatic imine (C=N–C) groups is 1. The molecular weight excluding hydrogens is 434 g/mol. The lowest BCUT2D eigenvalue weighted by molar-refractivity contribution is -0.0506. The first kappa shape index (κ1) is 20.9. The summed E-state index contributed by atoms with van der Waals surface area (Å²) < 4.78 is 43.2. The highest BCUT2D eigenvalue weighted by atomic mass is 127. The Morgan fingerprint density at radius 2 is 2.12 bits per heavy atom. The van der Waals surface area contributed by atoms with Gasteiger partial charge < -0.3 is 15.0 Å². The molecule has 0 atom stereocenters. The normalized spacial score (nSPS) is 17.0. The fourth-order valence-corrected chi connectivity index (χ4v) is 2.71. The van der Waals surface area contributed by atoms with Crippen LogP contribution in [0.25, 0.3) is 0 Å². The standard InChI is InChI=1S/C16H22F3N3O.HI/c1-16(2)7-8-22(10-16)15(20-3)21-9-11-12(17)5-4-6-13(11)23-14(18)19;/h4-6,14H,7-10H2,1-3H3,(H,20,21);1H. The van der Waals surface area contributed by atoms with Gasteiger partial charge in [-0.3, -0.25) is 4.99 Å². The Kier molecular flexibility index (Phi) is 7.62. The summed E-state index contributed by atoms with van der Waals surface area (Å²) in [6.45, 7) is 3.07. The molecule has 1 aliphatic rings. The van der Waals surface area contributed by atoms with Crippen LogP contribution in [-0.2, 0) is 6.54 Å². The van der Waals surface area contributed by atoms with Gasteiger partial charge in [0.15, 0.2) is 5.96 Å². The van der Waals surface area contributed by atoms with Gasteiger partial charge >= 0.3 is 6.61 Å². The molecule has 0 unspecified atom stereocenters. The quantitative estimate of drug-likeness (QED) is 0.424. The van der Waals surface area contributed by atoms with Crippen molar-refractivity contribution >= 4 is 29.9 Å². The van der Waals surface area contributed by atoms with Gasteiger partial charge in [0, 0.05) is 32.2 Å². The van der Waals surface area contributed by atoms with Crippen molar-refractivity contribution in [2.45, 2.75) is 33.4 Å². The molecule has 0 radical (unpaired) electrons. The molecule has 1 fully saturated rings. The maximum Gasteiger partial charge on any atom is 0.387 e. The highest BCUT2D eigenvalue weighted by Crippen LogP contribution is 2.29. The average molecular weight is 457 g/mol. The minimum atomic E-state index is -2.99. The second-order valence-corrected chi connectivity index (χ2v) is 6.33. The van der Waals surface area contributed by atoms with E-state index in [4.69, 9.17) is 0 Å². The Bertz CT molecular complexity index is 582. The molecule has 24 heavy (non-hydrogen) atoms. The largest absolute Gasteiger partial charge is 0.434 e. The topological polar surface area (TPSA) is 36.9 Å². The van der Waals surface area contributed by atoms with Crippen molar-refractivity contribution < 1.29 is 17.9 Å². The minimum absolute atomic E-state index is 0. The van der Waals surface area contributed by atoms with Crippen molar-refractivity contribution in [1.29, 1.82) is 0 Å². The number of hydrogen-bond acceptors (Lipinski definition) is 2. The van der Waals surface area contributed by atoms with Crippen LogP contribution in [0.3, 0.4) is 0 Å². The lowest BCUT2D eigenvalue weighted by Crippen LogP contribution is -2.40. The number of guanidine groups is 1. The average Bonchev–Trinajstić information content (AvgIpc) is 2.81. The first-order valence-electron chi connectivity index (χ1n) is 7.50. The monoisotopic (exact) mass is 457 g/mol. The van der Waals surface area contributed by atoms with Gasteiger partial charge in [0.05, 0.1) is 0 Å². The molecule has 1 aromatic rings. The molecule has 0 amide bonds. The van der Waals surface area contributed by atoms with Crippen molar-refractivity contribution in [2.24, 2.45) is 10.4 Å². The molecule has 1 heterocycles. The molecule has 1 aliphatic heterocycles. The van der Waals surface area contributed by atoms with Crippen LogP contribution in [0, 0.1) is 11.2 Å². The molecule has 0 aliphatic carbocycles. The zero-order valence-electron chi connectivity index (χ0n) is 14.0. The Hall–Kier alpha value is -1.19. The van der Waals surface area contributed by atoms with Crippen molar-refractivity contribution in [2.75, 3.05) is 20.1 Å². The number of alkyl halides is 2. The number of halogens is 4. The molecule has 1 N–H and O–H groups in total. The van der Waals surface area contributed by atoms with Crippen LogP contribution in [0.2, 0.25) is 0 Å². The molecule has 0 saturated carbocycles. The van der Waals surface area contributed by atoms with Crippen LogP contribution >= 0.6 is 24.0 Å². The zero-order chi connectivity index (χ0) is 17.0. The fourth-order valence-electron chi connectivity index (χ4n) is 2.71. The molecule has 136 valence electrons. The number of nitrogens with one attached hydrogen (secondary N) is 1. The van der Waals surface area contributed by atoms with Gasteiger partial charge in [0.1, 0.15) is 11.6 Å². The Labute approximate surface area is 157 Å². The Morgan fingerprint density at radius 1 is 1.42 bits per heavy atom. The predicted molar refractivity (Wildman–Crippen MR) is 98.6 cm³/mol. The third-order valence-corrected chi connectivity index (χ3v) is 3.90. The van der Waals surface area contributed by atoms with Crippen molar-refractivity contribution in [3.63, 3.8) is 0 Å². The maximum absolute atomic E-state index is 13.9. The Morgan fingerprint density at radius 3 is 2.67 bits per heavy atom. The van der Waals surface area contributed by atoms with Gasteiger partial charge in [-0.1, -0.05) is 19.9 Å². The number of benzene rings is 1. The van der Waals surface area contributed by atoms with Gasteiger partial charge in [-0.2, -0.15) is 8.78 Å². The second-order valence-electron chi connectivity index (χ2n) is 6.33. The summed E-state index contributed by atoms with van der Waals surface area (Å²) in [4.78, 5) is 6.27. The first-order chi connectivity index (χ1) is 10.8. The van der Waals surface area contributed by atoms with E-state index in [1.54, 1.807) is 7.05 Å². The molecule has 0 spiro atoms. The minimum Gasteiger partial charge on any atom is -0.434 e. The van der Waals surface area contributed by atoms with Gasteiger partial charge in [0.2, 0.25) is 0 Å². The summed E-state index contributed by atoms with van der Waals surface area (Å²) >= 11 is 0.